The van der Waals surface area contributed by atoms with Gasteiger partial charge in [-0.1, -0.05) is 22.6 Å². The zero-order valence-corrected chi connectivity index (χ0v) is 16.2. The first-order valence-electron chi connectivity index (χ1n) is 7.72. The number of carboxylic acids is 1. The molecule has 0 radical (unpaired) electrons. The number of hydrogen-bond acceptors (Lipinski definition) is 6. The SMILES string of the molecule is O=C(CI)Nc1ccc(C(=O)O)c(-n2c(O)ccc2O)c1-n1c(O)ccc1O. The number of anilines is 1. The highest BCUT2D eigenvalue weighted by Gasteiger charge is 2.27. The molecule has 1 aromatic carbocycles. The Hall–Kier alpha value is -3.35. The number of aromatic carboxylic acids is 1. The Balaban J connectivity index is 2.48. The molecule has 0 atom stereocenters. The van der Waals surface area contributed by atoms with E-state index < -0.39 is 35.4 Å². The molecule has 10 nitrogen and oxygen atoms in total. The minimum absolute atomic E-state index is 0.0379. The lowest BCUT2D eigenvalue weighted by Gasteiger charge is -2.21. The van der Waals surface area contributed by atoms with E-state index in [1.165, 1.54) is 12.1 Å². The van der Waals surface area contributed by atoms with Crippen LogP contribution in [0.1, 0.15) is 10.4 Å². The molecule has 0 unspecified atom stereocenters. The van der Waals surface area contributed by atoms with Gasteiger partial charge in [-0.2, -0.15) is 0 Å². The van der Waals surface area contributed by atoms with Crippen LogP contribution in [0.5, 0.6) is 23.5 Å². The third-order valence-electron chi connectivity index (χ3n) is 3.90. The summed E-state index contributed by atoms with van der Waals surface area (Å²) in [6.45, 7) is 0. The van der Waals surface area contributed by atoms with Crippen molar-refractivity contribution in [2.24, 2.45) is 0 Å². The van der Waals surface area contributed by atoms with Crippen molar-refractivity contribution in [3.8, 4) is 34.9 Å². The van der Waals surface area contributed by atoms with Gasteiger partial charge in [0, 0.05) is 24.3 Å². The second-order valence-corrected chi connectivity index (χ2v) is 6.38. The number of rotatable bonds is 5. The average Bonchev–Trinajstić information content (AvgIpc) is 3.15. The second kappa shape index (κ2) is 7.34. The topological polar surface area (TPSA) is 157 Å². The van der Waals surface area contributed by atoms with Crippen molar-refractivity contribution >= 4 is 40.2 Å². The molecule has 3 aromatic rings. The van der Waals surface area contributed by atoms with Crippen molar-refractivity contribution in [1.29, 1.82) is 0 Å². The van der Waals surface area contributed by atoms with Crippen molar-refractivity contribution in [2.45, 2.75) is 0 Å². The van der Waals surface area contributed by atoms with Crippen LogP contribution in [0.15, 0.2) is 36.4 Å². The van der Waals surface area contributed by atoms with Crippen molar-refractivity contribution in [1.82, 2.24) is 9.13 Å². The van der Waals surface area contributed by atoms with E-state index in [1.807, 2.05) is 22.6 Å². The molecule has 0 aliphatic carbocycles. The van der Waals surface area contributed by atoms with Crippen LogP contribution in [-0.2, 0) is 4.79 Å². The highest BCUT2D eigenvalue weighted by molar-refractivity contribution is 14.1. The molecule has 0 aliphatic heterocycles. The van der Waals surface area contributed by atoms with Gasteiger partial charge >= 0.3 is 5.97 Å². The first-order valence-corrected chi connectivity index (χ1v) is 9.25. The standard InChI is InChI=1S/C17H14IN3O7/c18-7-10(22)19-9-2-1-8(17(27)28)15(20-11(23)3-4-12(20)24)16(9)21-13(25)5-6-14(21)26/h1-6,23-26H,7H2,(H,19,22)(H,27,28). The van der Waals surface area contributed by atoms with Gasteiger partial charge in [0.15, 0.2) is 23.5 Å². The fourth-order valence-electron chi connectivity index (χ4n) is 2.78. The molecule has 1 amide bonds. The lowest BCUT2D eigenvalue weighted by Crippen LogP contribution is -2.17. The first-order chi connectivity index (χ1) is 13.3. The van der Waals surface area contributed by atoms with Crippen molar-refractivity contribution in [3.05, 3.63) is 42.0 Å². The number of halogens is 1. The molecule has 2 aromatic heterocycles. The second-order valence-electron chi connectivity index (χ2n) is 5.62. The number of aromatic nitrogens is 2. The summed E-state index contributed by atoms with van der Waals surface area (Å²) in [6, 6.07) is 7.04. The molecule has 2 heterocycles. The molecule has 28 heavy (non-hydrogen) atoms. The number of carboxylic acid groups (broad SMARTS) is 1. The molecule has 0 bridgehead atoms. The summed E-state index contributed by atoms with van der Waals surface area (Å²) >= 11 is 1.83. The maximum Gasteiger partial charge on any atom is 0.337 e. The Morgan fingerprint density at radius 2 is 1.29 bits per heavy atom. The summed E-state index contributed by atoms with van der Waals surface area (Å²) < 4.78 is 1.78. The predicted octanol–water partition coefficient (Wildman–Crippen LogP) is 2.16. The molecule has 3 rings (SSSR count). The summed E-state index contributed by atoms with van der Waals surface area (Å²) in [6.07, 6.45) is 0. The predicted molar refractivity (Wildman–Crippen MR) is 106 cm³/mol. The van der Waals surface area contributed by atoms with Gasteiger partial charge in [0.25, 0.3) is 0 Å². The highest BCUT2D eigenvalue weighted by atomic mass is 127. The number of hydrogen-bond donors (Lipinski definition) is 6. The third kappa shape index (κ3) is 3.19. The Morgan fingerprint density at radius 3 is 1.71 bits per heavy atom. The lowest BCUT2D eigenvalue weighted by molar-refractivity contribution is -0.113. The van der Waals surface area contributed by atoms with Crippen LogP contribution in [0, 0.1) is 0 Å². The summed E-state index contributed by atoms with van der Waals surface area (Å²) in [7, 11) is 0. The summed E-state index contributed by atoms with van der Waals surface area (Å²) in [5.74, 6) is -3.74. The smallest absolute Gasteiger partial charge is 0.337 e. The number of nitrogens with zero attached hydrogens (tertiary/aromatic N) is 2. The molecule has 6 N–H and O–H groups in total. The minimum Gasteiger partial charge on any atom is -0.494 e. The van der Waals surface area contributed by atoms with Crippen LogP contribution in [0.25, 0.3) is 11.4 Å². The first kappa shape index (κ1) is 19.4. The van der Waals surface area contributed by atoms with Crippen LogP contribution in [-0.4, -0.2) is 51.0 Å². The number of carbonyl (C=O) groups is 2. The summed E-state index contributed by atoms with van der Waals surface area (Å²) in [4.78, 5) is 23.8. The molecule has 0 aliphatic rings. The monoisotopic (exact) mass is 499 g/mol. The molecule has 0 spiro atoms. The number of nitrogens with one attached hydrogen (secondary N) is 1. The zero-order valence-electron chi connectivity index (χ0n) is 14.0. The van der Waals surface area contributed by atoms with E-state index in [-0.39, 0.29) is 27.1 Å². The van der Waals surface area contributed by atoms with Crippen molar-refractivity contribution in [3.63, 3.8) is 0 Å². The fourth-order valence-corrected chi connectivity index (χ4v) is 2.97. The number of alkyl halides is 1. The minimum atomic E-state index is -1.40. The largest absolute Gasteiger partial charge is 0.494 e. The van der Waals surface area contributed by atoms with Gasteiger partial charge in [0.1, 0.15) is 5.69 Å². The van der Waals surface area contributed by atoms with Crippen LogP contribution in [0.3, 0.4) is 0 Å². The molecule has 11 heteroatoms. The Morgan fingerprint density at radius 1 is 0.821 bits per heavy atom. The number of carbonyl (C=O) groups excluding carboxylic acids is 1. The van der Waals surface area contributed by atoms with Gasteiger partial charge in [-0.15, -0.1) is 0 Å². The van der Waals surface area contributed by atoms with E-state index >= 15 is 0 Å². The van der Waals surface area contributed by atoms with Crippen LogP contribution in [0.2, 0.25) is 0 Å². The van der Waals surface area contributed by atoms with Crippen LogP contribution >= 0.6 is 22.6 Å². The van der Waals surface area contributed by atoms with E-state index in [1.54, 1.807) is 0 Å². The van der Waals surface area contributed by atoms with E-state index in [4.69, 9.17) is 0 Å². The Labute approximate surface area is 171 Å². The van der Waals surface area contributed by atoms with Crippen molar-refractivity contribution < 1.29 is 35.1 Å². The van der Waals surface area contributed by atoms with Crippen molar-refractivity contribution in [2.75, 3.05) is 9.74 Å². The molecule has 146 valence electrons. The summed E-state index contributed by atoms with van der Waals surface area (Å²) in [5, 5.41) is 52.9. The molecule has 0 fully saturated rings. The van der Waals surface area contributed by atoms with Crippen LogP contribution in [0.4, 0.5) is 5.69 Å². The number of benzene rings is 1. The zero-order chi connectivity index (χ0) is 20.6. The van der Waals surface area contributed by atoms with E-state index in [2.05, 4.69) is 5.32 Å². The normalized spacial score (nSPS) is 10.8. The lowest BCUT2D eigenvalue weighted by atomic mass is 10.1. The van der Waals surface area contributed by atoms with E-state index in [0.717, 1.165) is 33.4 Å². The van der Waals surface area contributed by atoms with Gasteiger partial charge < -0.3 is 30.8 Å². The van der Waals surface area contributed by atoms with E-state index in [9.17, 15) is 35.1 Å². The average molecular weight is 499 g/mol. The summed E-state index contributed by atoms with van der Waals surface area (Å²) in [5.41, 5.74) is -0.770. The van der Waals surface area contributed by atoms with Gasteiger partial charge in [-0.25, -0.2) is 13.9 Å². The third-order valence-corrected chi connectivity index (χ3v) is 4.60. The molecule has 0 saturated carbocycles. The number of amides is 1. The Kier molecular flexibility index (Phi) is 5.09. The van der Waals surface area contributed by atoms with E-state index in [0.29, 0.717) is 0 Å². The van der Waals surface area contributed by atoms with Gasteiger partial charge in [-0.3, -0.25) is 4.79 Å². The maximum absolute atomic E-state index is 11.9. The van der Waals surface area contributed by atoms with Gasteiger partial charge in [0.2, 0.25) is 5.91 Å². The number of aromatic hydroxyl groups is 4. The highest BCUT2D eigenvalue weighted by Crippen LogP contribution is 2.41. The molecule has 0 saturated heterocycles. The quantitative estimate of drug-likeness (QED) is 0.232. The van der Waals surface area contributed by atoms with Crippen LogP contribution < -0.4 is 5.32 Å². The fraction of sp³-hybridized carbons (Fsp3) is 0.0588. The van der Waals surface area contributed by atoms with Gasteiger partial charge in [0.05, 0.1) is 21.4 Å². The van der Waals surface area contributed by atoms with Gasteiger partial charge in [-0.05, 0) is 12.1 Å². The Bertz CT molecular complexity index is 1050. The maximum atomic E-state index is 11.9. The molecular weight excluding hydrogens is 485 g/mol. The molecular formula is C17H14IN3O7.